The Kier molecular flexibility index (Phi) is 17.5. The van der Waals surface area contributed by atoms with Gasteiger partial charge in [0.15, 0.2) is 0 Å². The molecule has 0 fully saturated rings. The van der Waals surface area contributed by atoms with E-state index in [0.29, 0.717) is 0 Å². The smallest absolute Gasteiger partial charge is 0.550 e. The van der Waals surface area contributed by atoms with Crippen LogP contribution in [-0.2, 0) is 19.2 Å². The van der Waals surface area contributed by atoms with E-state index < -0.39 is 48.8 Å². The van der Waals surface area contributed by atoms with Crippen molar-refractivity contribution in [3.05, 3.63) is 0 Å². The predicted octanol–water partition coefficient (Wildman–Crippen LogP) is -10.6. The molecule has 0 aliphatic heterocycles. The molecule has 0 spiro atoms. The van der Waals surface area contributed by atoms with E-state index in [0.717, 1.165) is 0 Å². The molecule has 0 amide bonds. The third kappa shape index (κ3) is 13.5. The number of hydrogen-bond acceptors (Lipinski definition) is 8. The van der Waals surface area contributed by atoms with Gasteiger partial charge in [-0.05, 0) is 0 Å². The Labute approximate surface area is 170 Å². The molecule has 4 N–H and O–H groups in total. The summed E-state index contributed by atoms with van der Waals surface area (Å²) in [4.78, 5) is 41.9. The zero-order valence-corrected chi connectivity index (χ0v) is 16.3. The third-order valence-corrected chi connectivity index (χ3v) is 2.24. The van der Waals surface area contributed by atoms with Gasteiger partial charge in [0.05, 0.1) is 18.4 Å². The first kappa shape index (κ1) is 26.7. The zero-order valence-electron chi connectivity index (χ0n) is 12.3. The third-order valence-electron chi connectivity index (χ3n) is 2.24. The summed E-state index contributed by atoms with van der Waals surface area (Å²) in [5.74, 6) is -5.87. The van der Waals surface area contributed by atoms with Gasteiger partial charge < -0.3 is 40.6 Å². The maximum absolute atomic E-state index is 10.7. The van der Waals surface area contributed by atoms with Crippen LogP contribution in [-0.4, -0.2) is 59.3 Å². The molecule has 0 aliphatic rings. The van der Waals surface area contributed by atoms with Crippen molar-refractivity contribution in [3.8, 4) is 0 Å². The summed E-state index contributed by atoms with van der Waals surface area (Å²) in [5, 5.41) is 42.7. The number of hydrogen-bond donors (Lipinski definition) is 4. The van der Waals surface area contributed by atoms with Crippen LogP contribution in [0.4, 0.5) is 0 Å². The molecule has 0 saturated heterocycles. The van der Waals surface area contributed by atoms with Crippen LogP contribution in [0.5, 0.6) is 0 Å². The molecule has 0 heterocycles. The summed E-state index contributed by atoms with van der Waals surface area (Å²) in [7, 11) is 0. The number of carbonyl (C=O) groups is 4. The molecule has 0 aromatic rings. The van der Waals surface area contributed by atoms with Gasteiger partial charge in [-0.25, -0.2) is 0 Å². The summed E-state index contributed by atoms with van der Waals surface area (Å²) in [6.07, 6.45) is -1.43. The van der Waals surface area contributed by atoms with Gasteiger partial charge in [0.25, 0.3) is 0 Å². The van der Waals surface area contributed by atoms with Gasteiger partial charge in [-0.1, -0.05) is 0 Å². The molecule has 0 saturated carbocycles. The predicted molar refractivity (Wildman–Crippen MR) is 58.1 cm³/mol. The van der Waals surface area contributed by atoms with Crippen LogP contribution in [0, 0.1) is 0 Å². The van der Waals surface area contributed by atoms with Crippen LogP contribution in [0.2, 0.25) is 0 Å². The normalized spacial score (nSPS) is 12.2. The molecule has 0 bridgehead atoms. The van der Waals surface area contributed by atoms with Crippen molar-refractivity contribution >= 4 is 23.9 Å². The van der Waals surface area contributed by atoms with Gasteiger partial charge in [-0.15, -0.1) is 0 Å². The van der Waals surface area contributed by atoms with Crippen LogP contribution in [0.15, 0.2) is 0 Å². The summed E-state index contributed by atoms with van der Waals surface area (Å²) in [5.41, 5.74) is 0. The molecule has 0 radical (unpaired) electrons. The van der Waals surface area contributed by atoms with E-state index in [1.807, 2.05) is 0 Å². The van der Waals surface area contributed by atoms with Crippen LogP contribution >= 0.6 is 0 Å². The van der Waals surface area contributed by atoms with Crippen molar-refractivity contribution in [1.29, 1.82) is 0 Å². The zero-order chi connectivity index (χ0) is 15.7. The summed E-state index contributed by atoms with van der Waals surface area (Å²) >= 11 is 0. The van der Waals surface area contributed by atoms with Crippen molar-refractivity contribution in [2.24, 2.45) is 0 Å². The van der Waals surface area contributed by atoms with Crippen LogP contribution < -0.4 is 80.0 Å². The molecule has 2 unspecified atom stereocenters. The minimum Gasteiger partial charge on any atom is -0.550 e. The monoisotopic (exact) mass is 336 g/mol. The van der Waals surface area contributed by atoms with Gasteiger partial charge >= 0.3 is 71.1 Å². The first-order chi connectivity index (χ1) is 9.23. The maximum Gasteiger partial charge on any atom is 1.00 e. The van der Waals surface area contributed by atoms with E-state index in [-0.39, 0.29) is 72.2 Å². The molecule has 0 aromatic carbocycles. The number of carbonyl (C=O) groups excluding carboxylic acids is 2. The fraction of sp³-hybridized carbons (Fsp3) is 0.600. The second-order valence-electron chi connectivity index (χ2n) is 3.84. The molecule has 12 heteroatoms. The Morgan fingerprint density at radius 2 is 1.32 bits per heavy atom. The first-order valence-electron chi connectivity index (χ1n) is 5.56. The molecule has 114 valence electrons. The van der Waals surface area contributed by atoms with E-state index in [9.17, 15) is 29.4 Å². The van der Waals surface area contributed by atoms with Gasteiger partial charge in [0, 0.05) is 25.5 Å². The Morgan fingerprint density at radius 1 is 0.864 bits per heavy atom. The largest absolute Gasteiger partial charge is 1.00 e. The van der Waals surface area contributed by atoms with Crippen LogP contribution in [0.1, 0.15) is 12.8 Å². The molecule has 0 aromatic heterocycles. The van der Waals surface area contributed by atoms with Crippen molar-refractivity contribution in [2.45, 2.75) is 24.9 Å². The fourth-order valence-electron chi connectivity index (χ4n) is 1.32. The van der Waals surface area contributed by atoms with Crippen LogP contribution in [0.25, 0.3) is 0 Å². The van der Waals surface area contributed by atoms with Crippen molar-refractivity contribution in [1.82, 2.24) is 10.6 Å². The number of aliphatic carboxylic acids is 4. The van der Waals surface area contributed by atoms with E-state index in [1.54, 1.807) is 0 Å². The minimum absolute atomic E-state index is 0. The van der Waals surface area contributed by atoms with E-state index in [1.165, 1.54) is 0 Å². The molecule has 2 atom stereocenters. The van der Waals surface area contributed by atoms with E-state index in [4.69, 9.17) is 10.2 Å². The standard InChI is InChI=1S/C10H16N2O8.2Na/c13-7(14)3-5(9(17)18)11-1-2-12-6(10(19)20)4-8(15)16;;/h5-6,11-12H,1-4H2,(H,13,14)(H,15,16)(H,17,18)(H,19,20);;/q;2*+1/p-2. The fourth-order valence-corrected chi connectivity index (χ4v) is 1.32. The molecule has 10 nitrogen and oxygen atoms in total. The second-order valence-corrected chi connectivity index (χ2v) is 3.84. The van der Waals surface area contributed by atoms with Crippen molar-refractivity contribution in [2.75, 3.05) is 13.1 Å². The molecule has 22 heavy (non-hydrogen) atoms. The number of carboxylic acids is 4. The van der Waals surface area contributed by atoms with Crippen molar-refractivity contribution < 1.29 is 98.7 Å². The maximum atomic E-state index is 10.7. The molecular formula is C10H14N2Na2O8. The van der Waals surface area contributed by atoms with Crippen LogP contribution in [0.3, 0.4) is 0 Å². The molecule has 0 aliphatic carbocycles. The van der Waals surface area contributed by atoms with Gasteiger partial charge in [-0.2, -0.15) is 0 Å². The molecular weight excluding hydrogens is 322 g/mol. The van der Waals surface area contributed by atoms with Gasteiger partial charge in [-0.3, -0.25) is 9.59 Å². The Morgan fingerprint density at radius 3 is 1.64 bits per heavy atom. The van der Waals surface area contributed by atoms with Crippen molar-refractivity contribution in [3.63, 3.8) is 0 Å². The summed E-state index contributed by atoms with van der Waals surface area (Å²) < 4.78 is 0. The quantitative estimate of drug-likeness (QED) is 0.209. The minimum atomic E-state index is -1.63. The Balaban J connectivity index is -0.00000180. The number of nitrogens with one attached hydrogen (secondary N) is 2. The topological polar surface area (TPSA) is 179 Å². The average Bonchev–Trinajstić information content (AvgIpc) is 2.29. The molecule has 0 rings (SSSR count). The number of rotatable bonds is 11. The Hall–Kier alpha value is -0.200. The first-order valence-corrected chi connectivity index (χ1v) is 5.56. The SMILES string of the molecule is O=C([O-])CC(NCCNC(CC(=O)O)C(=O)O)C(=O)[O-].[Na+].[Na+]. The summed E-state index contributed by atoms with van der Waals surface area (Å²) in [6, 6.07) is -2.79. The second kappa shape index (κ2) is 14.4. The van der Waals surface area contributed by atoms with E-state index in [2.05, 4.69) is 10.6 Å². The van der Waals surface area contributed by atoms with E-state index >= 15 is 0 Å². The average molecular weight is 336 g/mol. The van der Waals surface area contributed by atoms with Gasteiger partial charge in [0.1, 0.15) is 6.04 Å². The Bertz CT molecular complexity index is 357. The number of carboxylic acid groups (broad SMARTS) is 4. The summed E-state index contributed by atoms with van der Waals surface area (Å²) in [6.45, 7) is -0.156. The van der Waals surface area contributed by atoms with Gasteiger partial charge in [0.2, 0.25) is 0 Å².